The quantitative estimate of drug-likeness (QED) is 0.776. The maximum Gasteiger partial charge on any atom is 0.403 e. The van der Waals surface area contributed by atoms with Crippen molar-refractivity contribution in [3.63, 3.8) is 0 Å². The van der Waals surface area contributed by atoms with Crippen molar-refractivity contribution in [2.45, 2.75) is 18.0 Å². The molecule has 1 atom stereocenters. The van der Waals surface area contributed by atoms with Crippen LogP contribution in [0.15, 0.2) is 53.7 Å². The molecule has 0 bridgehead atoms. The summed E-state index contributed by atoms with van der Waals surface area (Å²) < 4.78 is 41.0. The van der Waals surface area contributed by atoms with Gasteiger partial charge in [-0.1, -0.05) is 30.3 Å². The van der Waals surface area contributed by atoms with Crippen LogP contribution in [0.5, 0.6) is 0 Å². The Hall–Kier alpha value is -2.17. The number of benzene rings is 1. The van der Waals surface area contributed by atoms with E-state index in [9.17, 15) is 13.2 Å². The molecule has 0 aliphatic carbocycles. The normalized spacial score (nSPS) is 21.6. The van der Waals surface area contributed by atoms with Gasteiger partial charge in [-0.3, -0.25) is 9.98 Å². The van der Waals surface area contributed by atoms with Crippen molar-refractivity contribution in [1.82, 2.24) is 4.98 Å². The van der Waals surface area contributed by atoms with E-state index in [-0.39, 0.29) is 12.0 Å². The molecular weight excluding hydrogens is 265 g/mol. The molecule has 0 radical (unpaired) electrons. The van der Waals surface area contributed by atoms with Gasteiger partial charge in [0.1, 0.15) is 5.41 Å². The maximum atomic E-state index is 13.7. The predicted molar refractivity (Wildman–Crippen MR) is 70.3 cm³/mol. The molecule has 20 heavy (non-hydrogen) atoms. The molecule has 2 aromatic rings. The SMILES string of the molecule is FC(F)(F)[C@]1(c2ccccc2)C=Nc2cccnc2C1. The third-order valence-corrected chi connectivity index (χ3v) is 3.53. The molecule has 5 heteroatoms. The zero-order valence-corrected chi connectivity index (χ0v) is 10.4. The highest BCUT2D eigenvalue weighted by Crippen LogP contribution is 2.45. The van der Waals surface area contributed by atoms with Crippen LogP contribution in [0.3, 0.4) is 0 Å². The molecule has 1 aromatic carbocycles. The minimum atomic E-state index is -4.42. The molecule has 2 heterocycles. The lowest BCUT2D eigenvalue weighted by molar-refractivity contribution is -0.168. The molecule has 0 amide bonds. The first-order chi connectivity index (χ1) is 9.53. The first-order valence-corrected chi connectivity index (χ1v) is 6.14. The number of hydrogen-bond acceptors (Lipinski definition) is 2. The van der Waals surface area contributed by atoms with E-state index >= 15 is 0 Å². The zero-order valence-electron chi connectivity index (χ0n) is 10.4. The minimum Gasteiger partial charge on any atom is -0.259 e. The molecule has 0 saturated carbocycles. The van der Waals surface area contributed by atoms with Crippen LogP contribution in [0.4, 0.5) is 18.9 Å². The molecule has 0 saturated heterocycles. The van der Waals surface area contributed by atoms with Crippen LogP contribution >= 0.6 is 0 Å². The van der Waals surface area contributed by atoms with Crippen LogP contribution in [0.1, 0.15) is 11.3 Å². The van der Waals surface area contributed by atoms with Crippen LogP contribution in [0, 0.1) is 0 Å². The van der Waals surface area contributed by atoms with E-state index in [1.807, 2.05) is 0 Å². The van der Waals surface area contributed by atoms with Gasteiger partial charge in [-0.15, -0.1) is 0 Å². The Morgan fingerprint density at radius 1 is 1.00 bits per heavy atom. The second kappa shape index (κ2) is 4.44. The number of alkyl halides is 3. The highest BCUT2D eigenvalue weighted by Gasteiger charge is 2.56. The summed E-state index contributed by atoms with van der Waals surface area (Å²) in [5.74, 6) is 0. The van der Waals surface area contributed by atoms with Gasteiger partial charge in [-0.2, -0.15) is 13.2 Å². The Bertz CT molecular complexity index is 650. The topological polar surface area (TPSA) is 25.2 Å². The first kappa shape index (κ1) is 12.8. The zero-order chi connectivity index (χ0) is 14.2. The molecule has 0 N–H and O–H groups in total. The summed E-state index contributed by atoms with van der Waals surface area (Å²) in [7, 11) is 0. The van der Waals surface area contributed by atoms with E-state index in [1.165, 1.54) is 18.3 Å². The molecule has 0 fully saturated rings. The summed E-state index contributed by atoms with van der Waals surface area (Å²) in [6.07, 6.45) is -2.15. The number of nitrogens with zero attached hydrogens (tertiary/aromatic N) is 2. The van der Waals surface area contributed by atoms with E-state index in [0.717, 1.165) is 6.21 Å². The monoisotopic (exact) mass is 276 g/mol. The predicted octanol–water partition coefficient (Wildman–Crippen LogP) is 3.84. The summed E-state index contributed by atoms with van der Waals surface area (Å²) in [5, 5.41) is 0. The Morgan fingerprint density at radius 3 is 2.45 bits per heavy atom. The summed E-state index contributed by atoms with van der Waals surface area (Å²) in [4.78, 5) is 8.02. The van der Waals surface area contributed by atoms with Crippen LogP contribution in [0.25, 0.3) is 0 Å². The maximum absolute atomic E-state index is 13.7. The standard InChI is InChI=1S/C15H11F3N2/c16-15(17,18)14(11-5-2-1-3-6-11)9-13-12(20-10-14)7-4-8-19-13/h1-8,10H,9H2/t14-/m0/s1. The lowest BCUT2D eigenvalue weighted by Gasteiger charge is -2.35. The molecule has 1 aliphatic heterocycles. The van der Waals surface area contributed by atoms with Gasteiger partial charge >= 0.3 is 6.18 Å². The van der Waals surface area contributed by atoms with E-state index in [2.05, 4.69) is 9.98 Å². The van der Waals surface area contributed by atoms with Crippen LogP contribution in [-0.4, -0.2) is 17.4 Å². The molecule has 1 aliphatic rings. The van der Waals surface area contributed by atoms with Crippen LogP contribution in [0.2, 0.25) is 0 Å². The number of rotatable bonds is 1. The van der Waals surface area contributed by atoms with Gasteiger partial charge in [0.2, 0.25) is 0 Å². The number of halogens is 3. The fraction of sp³-hybridized carbons (Fsp3) is 0.200. The van der Waals surface area contributed by atoms with E-state index in [1.54, 1.807) is 30.3 Å². The summed E-state index contributed by atoms with van der Waals surface area (Å²) in [5.41, 5.74) is -1.04. The number of aromatic nitrogens is 1. The van der Waals surface area contributed by atoms with Crippen LogP contribution < -0.4 is 0 Å². The molecular formula is C15H11F3N2. The van der Waals surface area contributed by atoms with Crippen molar-refractivity contribution in [3.8, 4) is 0 Å². The molecule has 0 spiro atoms. The highest BCUT2D eigenvalue weighted by molar-refractivity contribution is 5.81. The average Bonchev–Trinajstić information content (AvgIpc) is 2.46. The van der Waals surface area contributed by atoms with Gasteiger partial charge in [0.05, 0.1) is 11.4 Å². The van der Waals surface area contributed by atoms with E-state index < -0.39 is 11.6 Å². The molecule has 2 nitrogen and oxygen atoms in total. The van der Waals surface area contributed by atoms with Crippen LogP contribution in [-0.2, 0) is 11.8 Å². The van der Waals surface area contributed by atoms with Gasteiger partial charge in [0, 0.05) is 18.8 Å². The summed E-state index contributed by atoms with van der Waals surface area (Å²) >= 11 is 0. The third kappa shape index (κ3) is 1.90. The number of pyridine rings is 1. The molecule has 3 rings (SSSR count). The molecule has 102 valence electrons. The van der Waals surface area contributed by atoms with Gasteiger partial charge in [0.15, 0.2) is 0 Å². The van der Waals surface area contributed by atoms with E-state index in [0.29, 0.717) is 11.4 Å². The lowest BCUT2D eigenvalue weighted by atomic mass is 9.75. The summed E-state index contributed by atoms with van der Waals surface area (Å²) in [6, 6.07) is 11.2. The Balaban J connectivity index is 2.17. The number of hydrogen-bond donors (Lipinski definition) is 0. The fourth-order valence-electron chi connectivity index (χ4n) is 2.42. The first-order valence-electron chi connectivity index (χ1n) is 6.14. The second-order valence-corrected chi connectivity index (χ2v) is 4.74. The van der Waals surface area contributed by atoms with Crippen molar-refractivity contribution in [2.24, 2.45) is 4.99 Å². The second-order valence-electron chi connectivity index (χ2n) is 4.74. The average molecular weight is 276 g/mol. The Morgan fingerprint density at radius 2 is 1.75 bits per heavy atom. The lowest BCUT2D eigenvalue weighted by Crippen LogP contribution is -2.47. The molecule has 1 aromatic heterocycles. The van der Waals surface area contributed by atoms with Gasteiger partial charge in [-0.25, -0.2) is 0 Å². The van der Waals surface area contributed by atoms with Crippen molar-refractivity contribution in [3.05, 3.63) is 59.9 Å². The highest BCUT2D eigenvalue weighted by atomic mass is 19.4. The van der Waals surface area contributed by atoms with Crippen molar-refractivity contribution in [2.75, 3.05) is 0 Å². The van der Waals surface area contributed by atoms with Gasteiger partial charge in [-0.05, 0) is 17.7 Å². The van der Waals surface area contributed by atoms with Gasteiger partial charge < -0.3 is 0 Å². The minimum absolute atomic E-state index is 0.188. The molecule has 0 unspecified atom stereocenters. The summed E-state index contributed by atoms with van der Waals surface area (Å²) in [6.45, 7) is 0. The van der Waals surface area contributed by atoms with Crippen molar-refractivity contribution >= 4 is 11.9 Å². The number of fused-ring (bicyclic) bond motifs is 1. The Kier molecular flexibility index (Phi) is 2.85. The largest absolute Gasteiger partial charge is 0.403 e. The van der Waals surface area contributed by atoms with Crippen molar-refractivity contribution in [1.29, 1.82) is 0 Å². The Labute approximate surface area is 114 Å². The van der Waals surface area contributed by atoms with Crippen molar-refractivity contribution < 1.29 is 13.2 Å². The van der Waals surface area contributed by atoms with Gasteiger partial charge in [0.25, 0.3) is 0 Å². The fourth-order valence-corrected chi connectivity index (χ4v) is 2.42. The third-order valence-electron chi connectivity index (χ3n) is 3.53. The number of aliphatic imine (C=N–C) groups is 1. The van der Waals surface area contributed by atoms with E-state index in [4.69, 9.17) is 0 Å². The smallest absolute Gasteiger partial charge is 0.259 e.